The van der Waals surface area contributed by atoms with Crippen molar-refractivity contribution in [3.8, 4) is 5.75 Å². The molecule has 3 rings (SSSR count). The molecule has 0 spiro atoms. The summed E-state index contributed by atoms with van der Waals surface area (Å²) in [5.74, 6) is -0.323. The van der Waals surface area contributed by atoms with Crippen molar-refractivity contribution in [1.29, 1.82) is 0 Å². The van der Waals surface area contributed by atoms with Gasteiger partial charge in [-0.25, -0.2) is 4.98 Å². The van der Waals surface area contributed by atoms with Crippen LogP contribution in [-0.2, 0) is 0 Å². The van der Waals surface area contributed by atoms with E-state index in [1.807, 2.05) is 0 Å². The van der Waals surface area contributed by atoms with E-state index in [1.165, 1.54) is 12.3 Å². The molecule has 0 aliphatic carbocycles. The molecular formula is C18H17BrClF3N4O2. The minimum Gasteiger partial charge on any atom is -0.405 e. The second kappa shape index (κ2) is 8.76. The molecule has 1 amide bonds. The highest BCUT2D eigenvalue weighted by Gasteiger charge is 2.32. The van der Waals surface area contributed by atoms with E-state index < -0.39 is 18.0 Å². The number of hydrogen-bond acceptors (Lipinski definition) is 5. The lowest BCUT2D eigenvalue weighted by Gasteiger charge is -2.34. The molecule has 6 nitrogen and oxygen atoms in total. The number of benzene rings is 1. The van der Waals surface area contributed by atoms with Crippen molar-refractivity contribution in [2.45, 2.75) is 19.3 Å². The van der Waals surface area contributed by atoms with Gasteiger partial charge in [0.1, 0.15) is 11.6 Å². The molecule has 1 fully saturated rings. The molecule has 29 heavy (non-hydrogen) atoms. The average Bonchev–Trinajstić information content (AvgIpc) is 2.65. The number of ether oxygens (including phenoxy) is 1. The van der Waals surface area contributed by atoms with E-state index in [0.717, 1.165) is 31.5 Å². The van der Waals surface area contributed by atoms with Gasteiger partial charge >= 0.3 is 6.36 Å². The number of rotatable bonds is 4. The number of amides is 1. The molecule has 2 aromatic rings. The number of carbonyl (C=O) groups excluding carboxylic acids is 1. The lowest BCUT2D eigenvalue weighted by Crippen LogP contribution is -2.50. The first-order chi connectivity index (χ1) is 13.6. The van der Waals surface area contributed by atoms with E-state index >= 15 is 0 Å². The molecule has 0 radical (unpaired) electrons. The van der Waals surface area contributed by atoms with Gasteiger partial charge in [-0.1, -0.05) is 11.6 Å². The number of carbonyl (C=O) groups is 1. The van der Waals surface area contributed by atoms with Gasteiger partial charge in [0, 0.05) is 37.9 Å². The Morgan fingerprint density at radius 3 is 2.79 bits per heavy atom. The third-order valence-corrected chi connectivity index (χ3v) is 5.23. The van der Waals surface area contributed by atoms with Crippen LogP contribution in [-0.4, -0.2) is 42.9 Å². The molecule has 1 atom stereocenters. The average molecular weight is 494 g/mol. The largest absolute Gasteiger partial charge is 0.573 e. The Morgan fingerprint density at radius 2 is 2.17 bits per heavy atom. The smallest absolute Gasteiger partial charge is 0.405 e. The van der Waals surface area contributed by atoms with E-state index in [0.29, 0.717) is 0 Å². The van der Waals surface area contributed by atoms with Crippen molar-refractivity contribution >= 4 is 44.9 Å². The second-order valence-electron chi connectivity index (χ2n) is 6.42. The highest BCUT2D eigenvalue weighted by molar-refractivity contribution is 9.10. The summed E-state index contributed by atoms with van der Waals surface area (Å²) in [5.41, 5.74) is 0.229. The van der Waals surface area contributed by atoms with E-state index in [-0.39, 0.29) is 26.8 Å². The van der Waals surface area contributed by atoms with E-state index in [2.05, 4.69) is 48.1 Å². The van der Waals surface area contributed by atoms with Gasteiger partial charge in [-0.3, -0.25) is 4.79 Å². The minimum atomic E-state index is -4.88. The van der Waals surface area contributed by atoms with Crippen molar-refractivity contribution in [1.82, 2.24) is 10.3 Å². The zero-order valence-electron chi connectivity index (χ0n) is 15.2. The van der Waals surface area contributed by atoms with Gasteiger partial charge in [-0.15, -0.1) is 13.2 Å². The number of aromatic nitrogens is 1. The predicted molar refractivity (Wildman–Crippen MR) is 108 cm³/mol. The Morgan fingerprint density at radius 1 is 1.41 bits per heavy atom. The van der Waals surface area contributed by atoms with Crippen molar-refractivity contribution in [2.24, 2.45) is 0 Å². The van der Waals surface area contributed by atoms with Crippen LogP contribution in [0, 0.1) is 0 Å². The van der Waals surface area contributed by atoms with Crippen molar-refractivity contribution in [3.05, 3.63) is 45.5 Å². The highest BCUT2D eigenvalue weighted by Crippen LogP contribution is 2.37. The maximum atomic E-state index is 12.5. The number of hydrogen-bond donors (Lipinski definition) is 2. The summed E-state index contributed by atoms with van der Waals surface area (Å²) < 4.78 is 41.5. The molecule has 1 aromatic heterocycles. The summed E-state index contributed by atoms with van der Waals surface area (Å²) in [4.78, 5) is 19.0. The minimum absolute atomic E-state index is 0.00832. The van der Waals surface area contributed by atoms with Gasteiger partial charge < -0.3 is 20.3 Å². The maximum Gasteiger partial charge on any atom is 0.573 e. The topological polar surface area (TPSA) is 66.5 Å². The summed E-state index contributed by atoms with van der Waals surface area (Å²) in [6.45, 7) is 4.56. The van der Waals surface area contributed by atoms with Crippen LogP contribution < -0.4 is 20.3 Å². The third kappa shape index (κ3) is 5.52. The lowest BCUT2D eigenvalue weighted by molar-refractivity contribution is -0.274. The fraction of sp³-hybridized carbons (Fsp3) is 0.333. The fourth-order valence-electron chi connectivity index (χ4n) is 2.89. The standard InChI is InChI=1S/C18H17BrClF3N4O2/c1-10-8-24-4-5-27(10)16-3-2-11(9-25-16)17(28)26-14-7-15(29-18(21,22)23)12(19)6-13(14)20/h2-3,6-7,9-10,24H,4-5,8H2,1H3,(H,26,28). The number of pyridine rings is 1. The Balaban J connectivity index is 1.75. The number of alkyl halides is 3. The monoisotopic (exact) mass is 492 g/mol. The Kier molecular flexibility index (Phi) is 6.55. The van der Waals surface area contributed by atoms with Gasteiger partial charge in [-0.2, -0.15) is 0 Å². The first kappa shape index (κ1) is 21.7. The summed E-state index contributed by atoms with van der Waals surface area (Å²) >= 11 is 8.99. The zero-order valence-corrected chi connectivity index (χ0v) is 17.5. The summed E-state index contributed by atoms with van der Waals surface area (Å²) in [5, 5.41) is 5.83. The van der Waals surface area contributed by atoms with Crippen LogP contribution >= 0.6 is 27.5 Å². The maximum absolute atomic E-state index is 12.5. The van der Waals surface area contributed by atoms with Gasteiger partial charge in [0.05, 0.1) is 20.7 Å². The van der Waals surface area contributed by atoms with Crippen molar-refractivity contribution in [2.75, 3.05) is 29.9 Å². The Labute approximate surface area is 178 Å². The summed E-state index contributed by atoms with van der Waals surface area (Å²) in [6.07, 6.45) is -3.46. The molecule has 11 heteroatoms. The van der Waals surface area contributed by atoms with Crippen LogP contribution in [0.2, 0.25) is 5.02 Å². The summed E-state index contributed by atoms with van der Waals surface area (Å²) in [7, 11) is 0. The molecule has 1 unspecified atom stereocenters. The first-order valence-corrected chi connectivity index (χ1v) is 9.80. The van der Waals surface area contributed by atoms with Crippen molar-refractivity contribution < 1.29 is 22.7 Å². The molecule has 1 aliphatic heterocycles. The molecule has 2 N–H and O–H groups in total. The molecule has 0 saturated carbocycles. The molecule has 1 aliphatic rings. The molecule has 1 aromatic carbocycles. The van der Waals surface area contributed by atoms with E-state index in [9.17, 15) is 18.0 Å². The van der Waals surface area contributed by atoms with E-state index in [1.54, 1.807) is 12.1 Å². The molecule has 156 valence electrons. The first-order valence-electron chi connectivity index (χ1n) is 8.63. The van der Waals surface area contributed by atoms with Crippen LogP contribution in [0.15, 0.2) is 34.9 Å². The van der Waals surface area contributed by atoms with Gasteiger partial charge in [-0.05, 0) is 41.1 Å². The third-order valence-electron chi connectivity index (χ3n) is 4.30. The Hall–Kier alpha value is -2.04. The van der Waals surface area contributed by atoms with Crippen molar-refractivity contribution in [3.63, 3.8) is 0 Å². The number of nitrogens with zero attached hydrogens (tertiary/aromatic N) is 2. The fourth-order valence-corrected chi connectivity index (χ4v) is 3.66. The van der Waals surface area contributed by atoms with Crippen LogP contribution in [0.25, 0.3) is 0 Å². The second-order valence-corrected chi connectivity index (χ2v) is 7.68. The predicted octanol–water partition coefficient (Wildman–Crippen LogP) is 4.45. The molecule has 1 saturated heterocycles. The normalized spacial score (nSPS) is 17.2. The number of piperazine rings is 1. The molecule has 2 heterocycles. The van der Waals surface area contributed by atoms with Crippen LogP contribution in [0.3, 0.4) is 0 Å². The molecular weight excluding hydrogens is 477 g/mol. The van der Waals surface area contributed by atoms with Gasteiger partial charge in [0.15, 0.2) is 0 Å². The van der Waals surface area contributed by atoms with Gasteiger partial charge in [0.25, 0.3) is 5.91 Å². The Bertz CT molecular complexity index is 896. The number of halogens is 5. The number of nitrogens with one attached hydrogen (secondary N) is 2. The summed E-state index contributed by atoms with van der Waals surface area (Å²) in [6, 6.07) is 5.82. The number of anilines is 2. The van der Waals surface area contributed by atoms with Crippen LogP contribution in [0.4, 0.5) is 24.7 Å². The zero-order chi connectivity index (χ0) is 21.2. The quantitative estimate of drug-likeness (QED) is 0.659. The van der Waals surface area contributed by atoms with Crippen LogP contribution in [0.5, 0.6) is 5.75 Å². The van der Waals surface area contributed by atoms with Crippen LogP contribution in [0.1, 0.15) is 17.3 Å². The molecule has 0 bridgehead atoms. The van der Waals surface area contributed by atoms with E-state index in [4.69, 9.17) is 11.6 Å². The SMILES string of the molecule is CC1CNCCN1c1ccc(C(=O)Nc2cc(OC(F)(F)F)c(Br)cc2Cl)cn1. The lowest BCUT2D eigenvalue weighted by atomic mass is 10.2. The van der Waals surface area contributed by atoms with Gasteiger partial charge in [0.2, 0.25) is 0 Å². The highest BCUT2D eigenvalue weighted by atomic mass is 79.9.